The molecule has 150 valence electrons. The van der Waals surface area contributed by atoms with Crippen molar-refractivity contribution in [2.75, 3.05) is 56.2 Å². The first-order chi connectivity index (χ1) is 12.6. The molecule has 0 bridgehead atoms. The van der Waals surface area contributed by atoms with Crippen molar-refractivity contribution in [3.05, 3.63) is 29.8 Å². The molecule has 1 saturated heterocycles. The van der Waals surface area contributed by atoms with Crippen molar-refractivity contribution >= 4 is 41.7 Å². The number of benzene rings is 1. The number of hydrogen-bond acceptors (Lipinski definition) is 5. The van der Waals surface area contributed by atoms with Gasteiger partial charge < -0.3 is 15.5 Å². The molecule has 0 aliphatic carbocycles. The molecule has 3 rings (SSSR count). The molecule has 1 aromatic rings. The number of anilines is 1. The molecule has 6 nitrogen and oxygen atoms in total. The van der Waals surface area contributed by atoms with E-state index in [9.17, 15) is 9.59 Å². The van der Waals surface area contributed by atoms with Crippen LogP contribution >= 0.6 is 24.2 Å². The van der Waals surface area contributed by atoms with Crippen molar-refractivity contribution in [2.45, 2.75) is 18.9 Å². The molecule has 2 aliphatic rings. The van der Waals surface area contributed by atoms with Crippen LogP contribution in [-0.4, -0.2) is 78.9 Å². The third-order valence-corrected chi connectivity index (χ3v) is 5.83. The van der Waals surface area contributed by atoms with Gasteiger partial charge in [-0.1, -0.05) is 18.2 Å². The number of para-hydroxylation sites is 1. The van der Waals surface area contributed by atoms with Crippen LogP contribution in [0, 0.1) is 0 Å². The molecule has 0 unspecified atom stereocenters. The fourth-order valence-electron chi connectivity index (χ4n) is 3.60. The monoisotopic (exact) mass is 412 g/mol. The number of nitrogens with zero attached hydrogens (tertiary/aromatic N) is 3. The van der Waals surface area contributed by atoms with E-state index >= 15 is 0 Å². The normalized spacial score (nSPS) is 18.0. The van der Waals surface area contributed by atoms with Gasteiger partial charge in [0.25, 0.3) is 0 Å². The summed E-state index contributed by atoms with van der Waals surface area (Å²) in [4.78, 5) is 31.0. The number of rotatable bonds is 6. The number of halogens is 1. The number of hydrogen-bond donors (Lipinski definition) is 1. The topological polar surface area (TPSA) is 69.9 Å². The van der Waals surface area contributed by atoms with Crippen molar-refractivity contribution < 1.29 is 9.59 Å². The van der Waals surface area contributed by atoms with Gasteiger partial charge in [-0.05, 0) is 36.5 Å². The third kappa shape index (κ3) is 5.38. The van der Waals surface area contributed by atoms with Gasteiger partial charge in [0.15, 0.2) is 0 Å². The van der Waals surface area contributed by atoms with E-state index in [0.29, 0.717) is 26.1 Å². The zero-order valence-electron chi connectivity index (χ0n) is 15.8. The van der Waals surface area contributed by atoms with Crippen molar-refractivity contribution in [1.29, 1.82) is 0 Å². The van der Waals surface area contributed by atoms with Crippen LogP contribution < -0.4 is 10.6 Å². The molecule has 2 heterocycles. The summed E-state index contributed by atoms with van der Waals surface area (Å²) in [7, 11) is 0. The summed E-state index contributed by atoms with van der Waals surface area (Å²) in [5.74, 6) is 1.09. The highest BCUT2D eigenvalue weighted by molar-refractivity contribution is 7.98. The first-order valence-corrected chi connectivity index (χ1v) is 10.6. The predicted molar refractivity (Wildman–Crippen MR) is 114 cm³/mol. The van der Waals surface area contributed by atoms with Crippen LogP contribution in [0.25, 0.3) is 0 Å². The highest BCUT2D eigenvalue weighted by atomic mass is 35.5. The van der Waals surface area contributed by atoms with E-state index in [2.05, 4.69) is 11.0 Å². The average Bonchev–Trinajstić information content (AvgIpc) is 3.10. The molecular formula is C19H29ClN4O2S. The van der Waals surface area contributed by atoms with E-state index in [1.165, 1.54) is 5.56 Å². The maximum Gasteiger partial charge on any atom is 0.241 e. The summed E-state index contributed by atoms with van der Waals surface area (Å²) in [6, 6.07) is 7.71. The zero-order chi connectivity index (χ0) is 18.5. The molecule has 1 aromatic carbocycles. The first-order valence-electron chi connectivity index (χ1n) is 9.24. The number of fused-ring (bicyclic) bond motifs is 1. The summed E-state index contributed by atoms with van der Waals surface area (Å²) in [5.41, 5.74) is 8.29. The van der Waals surface area contributed by atoms with Gasteiger partial charge in [-0.2, -0.15) is 11.8 Å². The van der Waals surface area contributed by atoms with Crippen LogP contribution in [0.3, 0.4) is 0 Å². The minimum Gasteiger partial charge on any atom is -0.339 e. The molecular weight excluding hydrogens is 384 g/mol. The lowest BCUT2D eigenvalue weighted by Crippen LogP contribution is -2.54. The minimum absolute atomic E-state index is 0. The number of thioether (sulfide) groups is 1. The molecule has 0 aromatic heterocycles. The minimum atomic E-state index is -0.406. The third-order valence-electron chi connectivity index (χ3n) is 5.18. The Balaban J connectivity index is 0.00000261. The Kier molecular flexibility index (Phi) is 8.41. The van der Waals surface area contributed by atoms with Gasteiger partial charge in [0.05, 0.1) is 12.6 Å². The molecule has 0 radical (unpaired) electrons. The van der Waals surface area contributed by atoms with Crippen LogP contribution in [0.15, 0.2) is 24.3 Å². The van der Waals surface area contributed by atoms with Crippen LogP contribution in [0.1, 0.15) is 12.0 Å². The van der Waals surface area contributed by atoms with E-state index in [-0.39, 0.29) is 24.2 Å². The lowest BCUT2D eigenvalue weighted by atomic mass is 10.2. The van der Waals surface area contributed by atoms with Gasteiger partial charge >= 0.3 is 0 Å². The Hall–Kier alpha value is -1.28. The van der Waals surface area contributed by atoms with E-state index in [4.69, 9.17) is 5.73 Å². The number of carbonyl (C=O) groups is 2. The molecule has 0 saturated carbocycles. The van der Waals surface area contributed by atoms with Crippen molar-refractivity contribution in [2.24, 2.45) is 5.73 Å². The summed E-state index contributed by atoms with van der Waals surface area (Å²) >= 11 is 1.71. The fraction of sp³-hybridized carbons (Fsp3) is 0.579. The Morgan fingerprint density at radius 2 is 1.85 bits per heavy atom. The average molecular weight is 413 g/mol. The van der Waals surface area contributed by atoms with Crippen LogP contribution in [0.2, 0.25) is 0 Å². The number of carbonyl (C=O) groups excluding carboxylic acids is 2. The molecule has 8 heteroatoms. The fourth-order valence-corrected chi connectivity index (χ4v) is 4.09. The maximum absolute atomic E-state index is 12.7. The number of nitrogens with two attached hydrogens (primary N) is 1. The van der Waals surface area contributed by atoms with Crippen molar-refractivity contribution in [1.82, 2.24) is 9.80 Å². The summed E-state index contributed by atoms with van der Waals surface area (Å²) in [6.45, 7) is 3.92. The van der Waals surface area contributed by atoms with Crippen LogP contribution in [0.5, 0.6) is 0 Å². The molecule has 1 atom stereocenters. The van der Waals surface area contributed by atoms with E-state index in [1.807, 2.05) is 34.3 Å². The van der Waals surface area contributed by atoms with E-state index < -0.39 is 6.04 Å². The van der Waals surface area contributed by atoms with Crippen molar-refractivity contribution in [3.63, 3.8) is 0 Å². The summed E-state index contributed by atoms with van der Waals surface area (Å²) in [5, 5.41) is 0. The van der Waals surface area contributed by atoms with Gasteiger partial charge in [-0.3, -0.25) is 14.5 Å². The van der Waals surface area contributed by atoms with Crippen molar-refractivity contribution in [3.8, 4) is 0 Å². The quantitative estimate of drug-likeness (QED) is 0.760. The highest BCUT2D eigenvalue weighted by Crippen LogP contribution is 2.27. The van der Waals surface area contributed by atoms with Gasteiger partial charge in [0.1, 0.15) is 0 Å². The Labute approximate surface area is 171 Å². The SMILES string of the molecule is CSCC[C@H](N)C(=O)N1CCN(CC(=O)N2CCc3ccccc32)CC1.Cl. The summed E-state index contributed by atoms with van der Waals surface area (Å²) in [6.07, 6.45) is 3.66. The Bertz CT molecular complexity index is 652. The van der Waals surface area contributed by atoms with Crippen LogP contribution in [0.4, 0.5) is 5.69 Å². The Morgan fingerprint density at radius 3 is 2.56 bits per heavy atom. The molecule has 1 fully saturated rings. The van der Waals surface area contributed by atoms with Gasteiger partial charge in [-0.25, -0.2) is 0 Å². The molecule has 0 spiro atoms. The lowest BCUT2D eigenvalue weighted by molar-refractivity contribution is -0.134. The number of amides is 2. The van der Waals surface area contributed by atoms with Gasteiger partial charge in [-0.15, -0.1) is 12.4 Å². The lowest BCUT2D eigenvalue weighted by Gasteiger charge is -2.36. The second-order valence-electron chi connectivity index (χ2n) is 6.91. The summed E-state index contributed by atoms with van der Waals surface area (Å²) < 4.78 is 0. The van der Waals surface area contributed by atoms with E-state index in [0.717, 1.165) is 37.5 Å². The smallest absolute Gasteiger partial charge is 0.241 e. The largest absolute Gasteiger partial charge is 0.339 e. The van der Waals surface area contributed by atoms with Gasteiger partial charge in [0, 0.05) is 38.4 Å². The van der Waals surface area contributed by atoms with Gasteiger partial charge in [0.2, 0.25) is 11.8 Å². The Morgan fingerprint density at radius 1 is 1.15 bits per heavy atom. The number of piperazine rings is 1. The zero-order valence-corrected chi connectivity index (χ0v) is 17.4. The van der Waals surface area contributed by atoms with E-state index in [1.54, 1.807) is 11.8 Å². The first kappa shape index (κ1) is 22.0. The molecule has 2 N–H and O–H groups in total. The second-order valence-corrected chi connectivity index (χ2v) is 7.90. The molecule has 27 heavy (non-hydrogen) atoms. The molecule has 2 aliphatic heterocycles. The highest BCUT2D eigenvalue weighted by Gasteiger charge is 2.29. The molecule has 2 amide bonds. The standard InChI is InChI=1S/C19H28N4O2S.ClH/c1-26-13-7-16(20)19(25)22-11-9-21(10-12-22)14-18(24)23-8-6-15-4-2-3-5-17(15)23;/h2-5,16H,6-14,20H2,1H3;1H/t16-;/m0./s1. The van der Waals surface area contributed by atoms with Crippen LogP contribution in [-0.2, 0) is 16.0 Å². The predicted octanol–water partition coefficient (Wildman–Crippen LogP) is 1.22. The maximum atomic E-state index is 12.7. The second kappa shape index (κ2) is 10.3.